The summed E-state index contributed by atoms with van der Waals surface area (Å²) in [5.41, 5.74) is 0.143. The number of aromatic hydroxyl groups is 2. The molecule has 1 aromatic carbocycles. The lowest BCUT2D eigenvalue weighted by Gasteiger charge is -2.22. The van der Waals surface area contributed by atoms with Crippen molar-refractivity contribution in [1.29, 1.82) is 0 Å². The van der Waals surface area contributed by atoms with Gasteiger partial charge < -0.3 is 20.0 Å². The Kier molecular flexibility index (Phi) is 4.27. The molecule has 5 nitrogen and oxygen atoms in total. The predicted molar refractivity (Wildman–Crippen MR) is 72.4 cm³/mol. The van der Waals surface area contributed by atoms with Crippen LogP contribution in [-0.2, 0) is 0 Å². The van der Waals surface area contributed by atoms with Crippen molar-refractivity contribution in [1.82, 2.24) is 9.80 Å². The molecule has 0 bridgehead atoms. The fourth-order valence-electron chi connectivity index (χ4n) is 2.31. The number of likely N-dealkylation sites (tertiary alicyclic amines) is 1. The molecule has 5 heteroatoms. The average Bonchev–Trinajstić information content (AvgIpc) is 2.91. The number of carbonyl (C=O) groups excluding carboxylic acids is 1. The number of phenolic OH excluding ortho intramolecular Hbond substituents is 2. The summed E-state index contributed by atoms with van der Waals surface area (Å²) in [5.74, 6) is -0.882. The predicted octanol–water partition coefficient (Wildman–Crippen LogP) is 1.27. The van der Waals surface area contributed by atoms with Crippen molar-refractivity contribution >= 4 is 5.91 Å². The summed E-state index contributed by atoms with van der Waals surface area (Å²) in [5, 5.41) is 19.1. The van der Waals surface area contributed by atoms with Gasteiger partial charge in [-0.1, -0.05) is 6.07 Å². The third-order valence-electron chi connectivity index (χ3n) is 3.54. The molecule has 0 aliphatic carbocycles. The maximum atomic E-state index is 12.2. The first-order valence-corrected chi connectivity index (χ1v) is 6.58. The van der Waals surface area contributed by atoms with Gasteiger partial charge in [-0.3, -0.25) is 4.79 Å². The highest BCUT2D eigenvalue weighted by Gasteiger charge is 2.19. The minimum atomic E-state index is -0.347. The molecule has 2 rings (SSSR count). The Morgan fingerprint density at radius 3 is 2.68 bits per heavy atom. The van der Waals surface area contributed by atoms with Gasteiger partial charge in [0.15, 0.2) is 11.5 Å². The van der Waals surface area contributed by atoms with Gasteiger partial charge in [0.2, 0.25) is 0 Å². The zero-order chi connectivity index (χ0) is 13.8. The highest BCUT2D eigenvalue weighted by molar-refractivity contribution is 5.97. The molecular weight excluding hydrogens is 244 g/mol. The van der Waals surface area contributed by atoms with Crippen LogP contribution in [0.3, 0.4) is 0 Å². The highest BCUT2D eigenvalue weighted by Crippen LogP contribution is 2.28. The van der Waals surface area contributed by atoms with Gasteiger partial charge in [-0.25, -0.2) is 0 Å². The normalized spacial score (nSPS) is 15.6. The van der Waals surface area contributed by atoms with Gasteiger partial charge in [-0.2, -0.15) is 0 Å². The van der Waals surface area contributed by atoms with E-state index in [1.807, 2.05) is 0 Å². The minimum Gasteiger partial charge on any atom is -0.504 e. The molecule has 1 heterocycles. The van der Waals surface area contributed by atoms with Crippen LogP contribution in [-0.4, -0.2) is 59.1 Å². The molecule has 19 heavy (non-hydrogen) atoms. The SMILES string of the molecule is CN(CCN1CCCC1)C(=O)c1cccc(O)c1O. The molecule has 1 amide bonds. The van der Waals surface area contributed by atoms with E-state index in [4.69, 9.17) is 0 Å². The molecule has 0 atom stereocenters. The Balaban J connectivity index is 1.96. The summed E-state index contributed by atoms with van der Waals surface area (Å²) in [6.07, 6.45) is 2.45. The van der Waals surface area contributed by atoms with E-state index in [1.165, 1.54) is 25.0 Å². The Labute approximate surface area is 113 Å². The average molecular weight is 264 g/mol. The summed E-state index contributed by atoms with van der Waals surface area (Å²) in [6.45, 7) is 3.66. The molecule has 1 aliphatic heterocycles. The third kappa shape index (κ3) is 3.17. The van der Waals surface area contributed by atoms with Crippen molar-refractivity contribution in [2.45, 2.75) is 12.8 Å². The Morgan fingerprint density at radius 1 is 1.32 bits per heavy atom. The van der Waals surface area contributed by atoms with Crippen LogP contribution in [0.15, 0.2) is 18.2 Å². The zero-order valence-corrected chi connectivity index (χ0v) is 11.2. The van der Waals surface area contributed by atoms with Crippen molar-refractivity contribution in [3.05, 3.63) is 23.8 Å². The number of carbonyl (C=O) groups is 1. The first-order chi connectivity index (χ1) is 9.09. The van der Waals surface area contributed by atoms with Crippen molar-refractivity contribution in [2.24, 2.45) is 0 Å². The number of likely N-dealkylation sites (N-methyl/N-ethyl adjacent to an activating group) is 1. The number of nitrogens with zero attached hydrogens (tertiary/aromatic N) is 2. The van der Waals surface area contributed by atoms with Crippen molar-refractivity contribution < 1.29 is 15.0 Å². The van der Waals surface area contributed by atoms with E-state index >= 15 is 0 Å². The van der Waals surface area contributed by atoms with Gasteiger partial charge in [0.05, 0.1) is 5.56 Å². The molecule has 1 aliphatic rings. The Bertz CT molecular complexity index is 456. The largest absolute Gasteiger partial charge is 0.504 e. The summed E-state index contributed by atoms with van der Waals surface area (Å²) >= 11 is 0. The first kappa shape index (κ1) is 13.7. The van der Waals surface area contributed by atoms with Crippen LogP contribution in [0.25, 0.3) is 0 Å². The Morgan fingerprint density at radius 2 is 2.00 bits per heavy atom. The van der Waals surface area contributed by atoms with Gasteiger partial charge >= 0.3 is 0 Å². The molecule has 104 valence electrons. The number of amides is 1. The topological polar surface area (TPSA) is 64.0 Å². The van der Waals surface area contributed by atoms with Crippen LogP contribution < -0.4 is 0 Å². The summed E-state index contributed by atoms with van der Waals surface area (Å²) < 4.78 is 0. The Hall–Kier alpha value is -1.75. The van der Waals surface area contributed by atoms with Gasteiger partial charge in [0.1, 0.15) is 0 Å². The van der Waals surface area contributed by atoms with Crippen molar-refractivity contribution in [3.63, 3.8) is 0 Å². The molecule has 1 fully saturated rings. The molecule has 0 aromatic heterocycles. The molecule has 0 unspecified atom stereocenters. The van der Waals surface area contributed by atoms with Gasteiger partial charge in [-0.15, -0.1) is 0 Å². The lowest BCUT2D eigenvalue weighted by molar-refractivity contribution is 0.0778. The fourth-order valence-corrected chi connectivity index (χ4v) is 2.31. The number of hydrogen-bond donors (Lipinski definition) is 2. The first-order valence-electron chi connectivity index (χ1n) is 6.58. The maximum absolute atomic E-state index is 12.2. The van der Waals surface area contributed by atoms with E-state index < -0.39 is 0 Å². The molecule has 1 aromatic rings. The zero-order valence-electron chi connectivity index (χ0n) is 11.2. The van der Waals surface area contributed by atoms with Crippen molar-refractivity contribution in [2.75, 3.05) is 33.2 Å². The fraction of sp³-hybridized carbons (Fsp3) is 0.500. The van der Waals surface area contributed by atoms with E-state index in [-0.39, 0.29) is 23.0 Å². The van der Waals surface area contributed by atoms with E-state index in [0.717, 1.165) is 19.6 Å². The maximum Gasteiger partial charge on any atom is 0.257 e. The lowest BCUT2D eigenvalue weighted by Crippen LogP contribution is -2.35. The second-order valence-corrected chi connectivity index (χ2v) is 4.95. The number of para-hydroxylation sites is 1. The summed E-state index contributed by atoms with van der Waals surface area (Å²) in [4.78, 5) is 16.1. The lowest BCUT2D eigenvalue weighted by atomic mass is 10.1. The van der Waals surface area contributed by atoms with E-state index in [9.17, 15) is 15.0 Å². The second-order valence-electron chi connectivity index (χ2n) is 4.95. The summed E-state index contributed by atoms with van der Waals surface area (Å²) in [6, 6.07) is 4.43. The molecular formula is C14H20N2O3. The van der Waals surface area contributed by atoms with E-state index in [0.29, 0.717) is 6.54 Å². The van der Waals surface area contributed by atoms with Crippen LogP contribution in [0.2, 0.25) is 0 Å². The second kappa shape index (κ2) is 5.93. The van der Waals surface area contributed by atoms with E-state index in [2.05, 4.69) is 4.90 Å². The van der Waals surface area contributed by atoms with Crippen molar-refractivity contribution in [3.8, 4) is 11.5 Å². The van der Waals surface area contributed by atoms with Crippen LogP contribution >= 0.6 is 0 Å². The van der Waals surface area contributed by atoms with Crippen LogP contribution in [0.5, 0.6) is 11.5 Å². The van der Waals surface area contributed by atoms with Gasteiger partial charge in [0.25, 0.3) is 5.91 Å². The number of hydrogen-bond acceptors (Lipinski definition) is 4. The van der Waals surface area contributed by atoms with Crippen LogP contribution in [0.1, 0.15) is 23.2 Å². The molecule has 1 saturated heterocycles. The molecule has 0 spiro atoms. The molecule has 0 radical (unpaired) electrons. The third-order valence-corrected chi connectivity index (χ3v) is 3.54. The number of rotatable bonds is 4. The number of benzene rings is 1. The summed E-state index contributed by atoms with van der Waals surface area (Å²) in [7, 11) is 1.71. The smallest absolute Gasteiger partial charge is 0.257 e. The quantitative estimate of drug-likeness (QED) is 0.804. The van der Waals surface area contributed by atoms with E-state index in [1.54, 1.807) is 18.0 Å². The van der Waals surface area contributed by atoms with Crippen LogP contribution in [0.4, 0.5) is 0 Å². The standard InChI is InChI=1S/C14H20N2O3/c1-15(9-10-16-7-2-3-8-16)14(19)11-5-4-6-12(17)13(11)18/h4-6,17-18H,2-3,7-10H2,1H3. The van der Waals surface area contributed by atoms with Gasteiger partial charge in [0, 0.05) is 20.1 Å². The number of phenols is 2. The van der Waals surface area contributed by atoms with Gasteiger partial charge in [-0.05, 0) is 38.1 Å². The highest BCUT2D eigenvalue weighted by atomic mass is 16.3. The van der Waals surface area contributed by atoms with Crippen LogP contribution in [0, 0.1) is 0 Å². The minimum absolute atomic E-state index is 0.143. The molecule has 2 N–H and O–H groups in total. The monoisotopic (exact) mass is 264 g/mol. The molecule has 0 saturated carbocycles.